The molecule has 1 unspecified atom stereocenters. The van der Waals surface area contributed by atoms with E-state index in [1.165, 1.54) is 36.4 Å². The molecular formula is C31H44N2O6S. The number of benzene rings is 2. The minimum absolute atomic E-state index is 0.0284. The first-order valence-corrected chi connectivity index (χ1v) is 15.8. The van der Waals surface area contributed by atoms with Gasteiger partial charge in [-0.05, 0) is 73.3 Å². The fraction of sp³-hybridized carbons (Fsp3) is 0.581. The Bertz CT molecular complexity index is 1200. The summed E-state index contributed by atoms with van der Waals surface area (Å²) in [6.07, 6.45) is 4.98. The van der Waals surface area contributed by atoms with Gasteiger partial charge in [0.1, 0.15) is 11.9 Å². The van der Waals surface area contributed by atoms with Gasteiger partial charge in [-0.1, -0.05) is 57.0 Å². The highest BCUT2D eigenvalue weighted by molar-refractivity contribution is 7.89. The van der Waals surface area contributed by atoms with Gasteiger partial charge in [0, 0.05) is 19.7 Å². The normalized spacial score (nSPS) is 20.5. The second-order valence-corrected chi connectivity index (χ2v) is 13.7. The zero-order valence-electron chi connectivity index (χ0n) is 23.9. The number of methoxy groups -OCH3 is 1. The van der Waals surface area contributed by atoms with Gasteiger partial charge in [0.15, 0.2) is 0 Å². The molecule has 2 aromatic rings. The van der Waals surface area contributed by atoms with Gasteiger partial charge in [0.25, 0.3) is 0 Å². The summed E-state index contributed by atoms with van der Waals surface area (Å²) in [4.78, 5) is 13.6. The number of aliphatic hydroxyl groups is 1. The topological polar surface area (TPSA) is 105 Å². The summed E-state index contributed by atoms with van der Waals surface area (Å²) in [5.41, 5.74) is 1.12. The molecule has 40 heavy (non-hydrogen) atoms. The van der Waals surface area contributed by atoms with Crippen LogP contribution >= 0.6 is 0 Å². The number of ether oxygens (including phenoxy) is 2. The van der Waals surface area contributed by atoms with Gasteiger partial charge in [0.05, 0.1) is 24.2 Å². The minimum Gasteiger partial charge on any atom is -0.497 e. The van der Waals surface area contributed by atoms with E-state index in [0.29, 0.717) is 25.2 Å². The third-order valence-corrected chi connectivity index (χ3v) is 10.1. The SMILES string of the molecule is COc1ccc(S(=O)(=O)N(CC(C)C)C[C@@H](O)[C@H](Cc2ccccc2)NC(=O)C2CC3(CCCC3)CCO2)cc1. The van der Waals surface area contributed by atoms with Crippen LogP contribution in [0.5, 0.6) is 5.75 Å². The quantitative estimate of drug-likeness (QED) is 0.396. The third kappa shape index (κ3) is 7.63. The summed E-state index contributed by atoms with van der Waals surface area (Å²) in [5.74, 6) is 0.351. The van der Waals surface area contributed by atoms with Crippen LogP contribution in [0, 0.1) is 11.3 Å². The standard InChI is InChI=1S/C31H44N2O6S/c1-23(2)21-33(40(36,37)26-13-11-25(38-3)12-14-26)22-28(34)27(19-24-9-5-4-6-10-24)32-30(35)29-20-31(17-18-39-29)15-7-8-16-31/h4-6,9-14,23,27-29,34H,7-8,15-22H2,1-3H3,(H,32,35)/t27-,28+,29?/m0/s1. The van der Waals surface area contributed by atoms with Crippen molar-refractivity contribution >= 4 is 15.9 Å². The Kier molecular flexibility index (Phi) is 10.3. The van der Waals surface area contributed by atoms with Gasteiger partial charge in [-0.15, -0.1) is 0 Å². The van der Waals surface area contributed by atoms with Crippen molar-refractivity contribution in [3.63, 3.8) is 0 Å². The molecule has 2 aromatic carbocycles. The molecule has 1 saturated heterocycles. The van der Waals surface area contributed by atoms with E-state index in [9.17, 15) is 18.3 Å². The number of aliphatic hydroxyl groups excluding tert-OH is 1. The van der Waals surface area contributed by atoms with Crippen molar-refractivity contribution in [1.82, 2.24) is 9.62 Å². The number of hydrogen-bond acceptors (Lipinski definition) is 6. The Morgan fingerprint density at radius 2 is 1.75 bits per heavy atom. The highest BCUT2D eigenvalue weighted by Crippen LogP contribution is 2.47. The molecule has 1 aliphatic heterocycles. The molecule has 1 aliphatic carbocycles. The molecule has 2 fully saturated rings. The molecule has 1 heterocycles. The second-order valence-electron chi connectivity index (χ2n) is 11.8. The number of nitrogens with zero attached hydrogens (tertiary/aromatic N) is 1. The van der Waals surface area contributed by atoms with E-state index in [-0.39, 0.29) is 35.2 Å². The third-order valence-electron chi connectivity index (χ3n) is 8.27. The van der Waals surface area contributed by atoms with Crippen molar-refractivity contribution in [3.05, 3.63) is 60.2 Å². The molecule has 0 aromatic heterocycles. The molecule has 2 N–H and O–H groups in total. The van der Waals surface area contributed by atoms with Gasteiger partial charge in [-0.3, -0.25) is 4.79 Å². The smallest absolute Gasteiger partial charge is 0.249 e. The van der Waals surface area contributed by atoms with E-state index >= 15 is 0 Å². The molecule has 9 heteroatoms. The fourth-order valence-corrected chi connectivity index (χ4v) is 7.68. The Labute approximate surface area is 239 Å². The number of carbonyl (C=O) groups is 1. The first kappa shape index (κ1) is 30.5. The van der Waals surface area contributed by atoms with Gasteiger partial charge in [-0.25, -0.2) is 8.42 Å². The second kappa shape index (κ2) is 13.5. The molecular weight excluding hydrogens is 528 g/mol. The highest BCUT2D eigenvalue weighted by Gasteiger charge is 2.42. The van der Waals surface area contributed by atoms with E-state index in [0.717, 1.165) is 24.8 Å². The molecule has 3 atom stereocenters. The van der Waals surface area contributed by atoms with Crippen molar-refractivity contribution in [2.24, 2.45) is 11.3 Å². The van der Waals surface area contributed by atoms with Crippen LogP contribution in [0.15, 0.2) is 59.5 Å². The van der Waals surface area contributed by atoms with Crippen LogP contribution in [-0.4, -0.2) is 68.8 Å². The number of carbonyl (C=O) groups excluding carboxylic acids is 1. The molecule has 2 aliphatic rings. The van der Waals surface area contributed by atoms with Crippen LogP contribution in [0.4, 0.5) is 0 Å². The summed E-state index contributed by atoms with van der Waals surface area (Å²) in [6.45, 7) is 4.51. The molecule has 8 nitrogen and oxygen atoms in total. The Morgan fingerprint density at radius 1 is 1.07 bits per heavy atom. The van der Waals surface area contributed by atoms with Crippen LogP contribution < -0.4 is 10.1 Å². The molecule has 1 spiro atoms. The van der Waals surface area contributed by atoms with Gasteiger partial charge in [0.2, 0.25) is 15.9 Å². The number of rotatable bonds is 12. The molecule has 1 saturated carbocycles. The Hall–Kier alpha value is -2.46. The summed E-state index contributed by atoms with van der Waals surface area (Å²) in [6, 6.07) is 15.2. The van der Waals surface area contributed by atoms with Crippen LogP contribution in [0.1, 0.15) is 57.9 Å². The first-order chi connectivity index (χ1) is 19.1. The Balaban J connectivity index is 1.54. The van der Waals surface area contributed by atoms with Crippen LogP contribution in [0.25, 0.3) is 0 Å². The maximum atomic E-state index is 13.7. The molecule has 0 bridgehead atoms. The zero-order valence-corrected chi connectivity index (χ0v) is 24.7. The van der Waals surface area contributed by atoms with Crippen LogP contribution in [0.2, 0.25) is 0 Å². The predicted octanol–water partition coefficient (Wildman–Crippen LogP) is 4.17. The zero-order chi connectivity index (χ0) is 28.8. The molecule has 220 valence electrons. The lowest BCUT2D eigenvalue weighted by atomic mass is 9.76. The average Bonchev–Trinajstić information content (AvgIpc) is 3.39. The molecule has 4 rings (SSSR count). The lowest BCUT2D eigenvalue weighted by molar-refractivity contribution is -0.142. The monoisotopic (exact) mass is 572 g/mol. The first-order valence-electron chi connectivity index (χ1n) is 14.4. The van der Waals surface area contributed by atoms with Crippen molar-refractivity contribution in [2.45, 2.75) is 81.9 Å². The predicted molar refractivity (Wildman–Crippen MR) is 155 cm³/mol. The van der Waals surface area contributed by atoms with Gasteiger partial charge in [-0.2, -0.15) is 4.31 Å². The summed E-state index contributed by atoms with van der Waals surface area (Å²) >= 11 is 0. The minimum atomic E-state index is -3.91. The van der Waals surface area contributed by atoms with E-state index in [2.05, 4.69) is 5.32 Å². The van der Waals surface area contributed by atoms with Crippen LogP contribution in [-0.2, 0) is 26.0 Å². The van der Waals surface area contributed by atoms with E-state index in [1.54, 1.807) is 12.1 Å². The van der Waals surface area contributed by atoms with Crippen molar-refractivity contribution in [1.29, 1.82) is 0 Å². The Morgan fingerprint density at radius 3 is 2.38 bits per heavy atom. The fourth-order valence-electron chi connectivity index (χ4n) is 6.06. The molecule has 0 radical (unpaired) electrons. The average molecular weight is 573 g/mol. The number of hydrogen-bond donors (Lipinski definition) is 2. The van der Waals surface area contributed by atoms with Crippen molar-refractivity contribution in [3.8, 4) is 5.75 Å². The lowest BCUT2D eigenvalue weighted by Crippen LogP contribution is -2.54. The van der Waals surface area contributed by atoms with Crippen molar-refractivity contribution < 1.29 is 27.8 Å². The van der Waals surface area contributed by atoms with Crippen molar-refractivity contribution in [2.75, 3.05) is 26.8 Å². The maximum Gasteiger partial charge on any atom is 0.249 e. The summed E-state index contributed by atoms with van der Waals surface area (Å²) < 4.78 is 39.7. The van der Waals surface area contributed by atoms with E-state index in [4.69, 9.17) is 9.47 Å². The van der Waals surface area contributed by atoms with E-state index in [1.807, 2.05) is 44.2 Å². The van der Waals surface area contributed by atoms with Crippen LogP contribution in [0.3, 0.4) is 0 Å². The summed E-state index contributed by atoms with van der Waals surface area (Å²) in [7, 11) is -2.38. The van der Waals surface area contributed by atoms with Gasteiger partial charge >= 0.3 is 0 Å². The maximum absolute atomic E-state index is 13.7. The summed E-state index contributed by atoms with van der Waals surface area (Å²) in [5, 5.41) is 14.6. The highest BCUT2D eigenvalue weighted by atomic mass is 32.2. The molecule has 1 amide bonds. The van der Waals surface area contributed by atoms with Gasteiger partial charge < -0.3 is 19.9 Å². The lowest BCUT2D eigenvalue weighted by Gasteiger charge is -2.38. The largest absolute Gasteiger partial charge is 0.497 e. The number of nitrogens with one attached hydrogen (secondary N) is 1. The number of sulfonamides is 1. The number of amides is 1. The van der Waals surface area contributed by atoms with E-state index < -0.39 is 28.3 Å².